The molecule has 4 heteroatoms. The molecule has 2 rings (SSSR count). The zero-order valence-corrected chi connectivity index (χ0v) is 15.0. The Hall–Kier alpha value is -1.81. The van der Waals surface area contributed by atoms with Gasteiger partial charge in [-0.05, 0) is 47.0 Å². The van der Waals surface area contributed by atoms with Gasteiger partial charge in [0.25, 0.3) is 5.91 Å². The van der Waals surface area contributed by atoms with E-state index in [1.54, 1.807) is 6.92 Å². The molecule has 0 radical (unpaired) electrons. The number of hydrogen-bond acceptors (Lipinski definition) is 2. The van der Waals surface area contributed by atoms with Crippen LogP contribution in [0.3, 0.4) is 0 Å². The maximum absolute atomic E-state index is 12.3. The molecule has 2 aromatic carbocycles. The van der Waals surface area contributed by atoms with Crippen LogP contribution in [0.2, 0.25) is 0 Å². The SMILES string of the molecule is CCC(CNC(=O)C(C)Oc1ccccc1Br)c1ccccc1. The second-order valence-corrected chi connectivity index (χ2v) is 6.31. The average Bonchev–Trinajstić information content (AvgIpc) is 2.58. The van der Waals surface area contributed by atoms with E-state index in [9.17, 15) is 4.79 Å². The van der Waals surface area contributed by atoms with Crippen molar-refractivity contribution in [3.63, 3.8) is 0 Å². The van der Waals surface area contributed by atoms with Gasteiger partial charge in [-0.3, -0.25) is 4.79 Å². The van der Waals surface area contributed by atoms with Gasteiger partial charge in [0, 0.05) is 12.5 Å². The number of halogens is 1. The lowest BCUT2D eigenvalue weighted by Crippen LogP contribution is -2.38. The molecule has 2 aromatic rings. The number of amides is 1. The van der Waals surface area contributed by atoms with Gasteiger partial charge < -0.3 is 10.1 Å². The lowest BCUT2D eigenvalue weighted by atomic mass is 9.96. The zero-order valence-electron chi connectivity index (χ0n) is 13.5. The Morgan fingerprint density at radius 2 is 1.78 bits per heavy atom. The minimum atomic E-state index is -0.540. The Morgan fingerprint density at radius 1 is 1.13 bits per heavy atom. The predicted molar refractivity (Wildman–Crippen MR) is 96.7 cm³/mol. The van der Waals surface area contributed by atoms with Crippen LogP contribution >= 0.6 is 15.9 Å². The lowest BCUT2D eigenvalue weighted by Gasteiger charge is -2.19. The highest BCUT2D eigenvalue weighted by Gasteiger charge is 2.17. The Bertz CT molecular complexity index is 630. The maximum atomic E-state index is 12.3. The molecule has 0 aromatic heterocycles. The number of ether oxygens (including phenoxy) is 1. The first-order valence-corrected chi connectivity index (χ1v) is 8.65. The van der Waals surface area contributed by atoms with Crippen LogP contribution < -0.4 is 10.1 Å². The highest BCUT2D eigenvalue weighted by atomic mass is 79.9. The van der Waals surface area contributed by atoms with Gasteiger partial charge in [-0.1, -0.05) is 49.4 Å². The van der Waals surface area contributed by atoms with Crippen molar-refractivity contribution in [2.75, 3.05) is 6.54 Å². The van der Waals surface area contributed by atoms with Crippen LogP contribution in [0.15, 0.2) is 59.1 Å². The molecule has 1 N–H and O–H groups in total. The van der Waals surface area contributed by atoms with E-state index in [0.29, 0.717) is 18.2 Å². The third-order valence-corrected chi connectivity index (χ3v) is 4.45. The van der Waals surface area contributed by atoms with Crippen LogP contribution in [0.5, 0.6) is 5.75 Å². The number of rotatable bonds is 7. The van der Waals surface area contributed by atoms with Crippen molar-refractivity contribution in [3.8, 4) is 5.75 Å². The zero-order chi connectivity index (χ0) is 16.7. The fourth-order valence-electron chi connectivity index (χ4n) is 2.37. The standard InChI is InChI=1S/C19H22BrNO2/c1-3-15(16-9-5-4-6-10-16)13-21-19(22)14(2)23-18-12-8-7-11-17(18)20/h4-12,14-15H,3,13H2,1-2H3,(H,21,22). The van der Waals surface area contributed by atoms with Crippen LogP contribution in [0.25, 0.3) is 0 Å². The van der Waals surface area contributed by atoms with Crippen LogP contribution in [0, 0.1) is 0 Å². The molecule has 0 spiro atoms. The van der Waals surface area contributed by atoms with Gasteiger partial charge in [-0.25, -0.2) is 0 Å². The van der Waals surface area contributed by atoms with Crippen LogP contribution in [0.1, 0.15) is 31.7 Å². The van der Waals surface area contributed by atoms with Crippen molar-refractivity contribution in [1.29, 1.82) is 0 Å². The van der Waals surface area contributed by atoms with Crippen molar-refractivity contribution in [2.45, 2.75) is 32.3 Å². The molecule has 122 valence electrons. The Balaban J connectivity index is 1.89. The topological polar surface area (TPSA) is 38.3 Å². The summed E-state index contributed by atoms with van der Waals surface area (Å²) in [6, 6.07) is 17.8. The second kappa shape index (κ2) is 8.73. The summed E-state index contributed by atoms with van der Waals surface area (Å²) in [5.41, 5.74) is 1.25. The fourth-order valence-corrected chi connectivity index (χ4v) is 2.75. The minimum Gasteiger partial charge on any atom is -0.480 e. The third kappa shape index (κ3) is 5.10. The van der Waals surface area contributed by atoms with Crippen molar-refractivity contribution < 1.29 is 9.53 Å². The quantitative estimate of drug-likeness (QED) is 0.771. The van der Waals surface area contributed by atoms with E-state index < -0.39 is 6.10 Å². The average molecular weight is 376 g/mol. The number of nitrogens with one attached hydrogen (secondary N) is 1. The van der Waals surface area contributed by atoms with Gasteiger partial charge in [-0.15, -0.1) is 0 Å². The largest absolute Gasteiger partial charge is 0.480 e. The van der Waals surface area contributed by atoms with Crippen molar-refractivity contribution in [3.05, 3.63) is 64.6 Å². The first kappa shape index (κ1) is 17.5. The highest BCUT2D eigenvalue weighted by Crippen LogP contribution is 2.25. The Kier molecular flexibility index (Phi) is 6.66. The predicted octanol–water partition coefficient (Wildman–Crippen LogP) is 4.53. The molecule has 0 saturated heterocycles. The van der Waals surface area contributed by atoms with Crippen molar-refractivity contribution >= 4 is 21.8 Å². The first-order valence-electron chi connectivity index (χ1n) is 7.85. The van der Waals surface area contributed by atoms with Crippen LogP contribution in [-0.4, -0.2) is 18.6 Å². The Labute approximate surface area is 146 Å². The number of benzene rings is 2. The van der Waals surface area contributed by atoms with Gasteiger partial charge in [-0.2, -0.15) is 0 Å². The summed E-state index contributed by atoms with van der Waals surface area (Å²) >= 11 is 3.42. The molecule has 0 heterocycles. The maximum Gasteiger partial charge on any atom is 0.260 e. The molecular formula is C19H22BrNO2. The summed E-state index contributed by atoms with van der Waals surface area (Å²) < 4.78 is 6.56. The van der Waals surface area contributed by atoms with Crippen molar-refractivity contribution in [2.24, 2.45) is 0 Å². The summed E-state index contributed by atoms with van der Waals surface area (Å²) in [7, 11) is 0. The number of hydrogen-bond donors (Lipinski definition) is 1. The number of carbonyl (C=O) groups excluding carboxylic acids is 1. The molecule has 0 aliphatic heterocycles. The Morgan fingerprint density at radius 3 is 2.43 bits per heavy atom. The molecule has 0 bridgehead atoms. The molecule has 0 aliphatic rings. The van der Waals surface area contributed by atoms with Gasteiger partial charge in [0.2, 0.25) is 0 Å². The second-order valence-electron chi connectivity index (χ2n) is 5.45. The molecule has 0 saturated carbocycles. The molecule has 1 amide bonds. The monoisotopic (exact) mass is 375 g/mol. The van der Waals surface area contributed by atoms with Gasteiger partial charge in [0.05, 0.1) is 4.47 Å². The van der Waals surface area contributed by atoms with E-state index in [2.05, 4.69) is 40.3 Å². The molecule has 2 unspecified atom stereocenters. The summed E-state index contributed by atoms with van der Waals surface area (Å²) in [6.07, 6.45) is 0.436. The molecule has 23 heavy (non-hydrogen) atoms. The summed E-state index contributed by atoms with van der Waals surface area (Å²) in [5, 5.41) is 2.99. The summed E-state index contributed by atoms with van der Waals surface area (Å²) in [4.78, 5) is 12.3. The normalized spacial score (nSPS) is 13.2. The smallest absolute Gasteiger partial charge is 0.260 e. The highest BCUT2D eigenvalue weighted by molar-refractivity contribution is 9.10. The van der Waals surface area contributed by atoms with E-state index in [0.717, 1.165) is 10.9 Å². The van der Waals surface area contributed by atoms with E-state index in [4.69, 9.17) is 4.74 Å². The van der Waals surface area contributed by atoms with Crippen LogP contribution in [-0.2, 0) is 4.79 Å². The lowest BCUT2D eigenvalue weighted by molar-refractivity contribution is -0.127. The van der Waals surface area contributed by atoms with Crippen LogP contribution in [0.4, 0.5) is 0 Å². The molecule has 0 aliphatic carbocycles. The molecular weight excluding hydrogens is 354 g/mol. The van der Waals surface area contributed by atoms with Crippen molar-refractivity contribution in [1.82, 2.24) is 5.32 Å². The van der Waals surface area contributed by atoms with Gasteiger partial charge >= 0.3 is 0 Å². The van der Waals surface area contributed by atoms with E-state index in [-0.39, 0.29) is 5.91 Å². The molecule has 2 atom stereocenters. The summed E-state index contributed by atoms with van der Waals surface area (Å²) in [5.74, 6) is 0.885. The minimum absolute atomic E-state index is 0.102. The van der Waals surface area contributed by atoms with E-state index >= 15 is 0 Å². The fraction of sp³-hybridized carbons (Fsp3) is 0.316. The first-order chi connectivity index (χ1) is 11.1. The van der Waals surface area contributed by atoms with Gasteiger partial charge in [0.15, 0.2) is 6.10 Å². The number of carbonyl (C=O) groups is 1. The van der Waals surface area contributed by atoms with E-state index in [1.807, 2.05) is 42.5 Å². The van der Waals surface area contributed by atoms with Gasteiger partial charge in [0.1, 0.15) is 5.75 Å². The molecule has 3 nitrogen and oxygen atoms in total. The number of para-hydroxylation sites is 1. The van der Waals surface area contributed by atoms with E-state index in [1.165, 1.54) is 5.56 Å². The summed E-state index contributed by atoms with van der Waals surface area (Å²) in [6.45, 7) is 4.51. The third-order valence-electron chi connectivity index (χ3n) is 3.80. The molecule has 0 fully saturated rings.